The molecule has 7 nitrogen and oxygen atoms in total. The maximum Gasteiger partial charge on any atom is 0.310 e. The van der Waals surface area contributed by atoms with Gasteiger partial charge in [-0.1, -0.05) is 6.07 Å². The number of nitro groups is 1. The number of hydrogen-bond donors (Lipinski definition) is 1. The Kier molecular flexibility index (Phi) is 5.45. The molecule has 0 aliphatic carbocycles. The Morgan fingerprint density at radius 1 is 1.50 bits per heavy atom. The summed E-state index contributed by atoms with van der Waals surface area (Å²) >= 11 is 0. The van der Waals surface area contributed by atoms with Crippen molar-refractivity contribution in [3.8, 4) is 5.75 Å². The Morgan fingerprint density at radius 2 is 2.15 bits per heavy atom. The molecule has 1 aromatic carbocycles. The topological polar surface area (TPSA) is 84.7 Å². The van der Waals surface area contributed by atoms with Crippen LogP contribution in [0.2, 0.25) is 0 Å². The van der Waals surface area contributed by atoms with E-state index < -0.39 is 11.0 Å². The Morgan fingerprint density at radius 3 is 2.65 bits per heavy atom. The molecule has 0 saturated carbocycles. The number of carbonyl (C=O) groups is 1. The lowest BCUT2D eigenvalue weighted by molar-refractivity contribution is -0.386. The summed E-state index contributed by atoms with van der Waals surface area (Å²) in [6.07, 6.45) is -0.784. The van der Waals surface area contributed by atoms with E-state index >= 15 is 0 Å². The van der Waals surface area contributed by atoms with Crippen molar-refractivity contribution in [2.75, 3.05) is 21.1 Å². The fourth-order valence-electron chi connectivity index (χ4n) is 1.72. The highest BCUT2D eigenvalue weighted by Gasteiger charge is 2.22. The van der Waals surface area contributed by atoms with Gasteiger partial charge in [-0.05, 0) is 25.6 Å². The van der Waals surface area contributed by atoms with Crippen LogP contribution in [-0.4, -0.2) is 43.0 Å². The second-order valence-electron chi connectivity index (χ2n) is 4.58. The van der Waals surface area contributed by atoms with E-state index in [-0.39, 0.29) is 17.3 Å². The lowest BCUT2D eigenvalue weighted by Gasteiger charge is -2.18. The third-order valence-corrected chi connectivity index (χ3v) is 2.69. The monoisotopic (exact) mass is 281 g/mol. The maximum absolute atomic E-state index is 11.8. The van der Waals surface area contributed by atoms with Gasteiger partial charge < -0.3 is 15.0 Å². The molecule has 20 heavy (non-hydrogen) atoms. The molecule has 0 radical (unpaired) electrons. The molecule has 0 fully saturated rings. The van der Waals surface area contributed by atoms with Crippen LogP contribution in [0.1, 0.15) is 12.5 Å². The second-order valence-corrected chi connectivity index (χ2v) is 4.58. The average molecular weight is 281 g/mol. The predicted octanol–water partition coefficient (Wildman–Crippen LogP) is 1.17. The normalized spacial score (nSPS) is 11.8. The summed E-state index contributed by atoms with van der Waals surface area (Å²) in [5.74, 6) is -0.149. The molecular weight excluding hydrogens is 262 g/mol. The van der Waals surface area contributed by atoms with E-state index in [4.69, 9.17) is 4.74 Å². The van der Waals surface area contributed by atoms with E-state index in [1.54, 1.807) is 40.2 Å². The Balaban J connectivity index is 3.03. The molecule has 0 bridgehead atoms. The van der Waals surface area contributed by atoms with Crippen molar-refractivity contribution in [3.63, 3.8) is 0 Å². The SMILES string of the molecule is CNCc1ccc([N+](=O)[O-])c(OC(C)C(=O)N(C)C)c1. The fourth-order valence-corrected chi connectivity index (χ4v) is 1.72. The first-order chi connectivity index (χ1) is 9.36. The standard InChI is InChI=1S/C13H19N3O4/c1-9(13(17)15(3)4)20-12-7-10(8-14-2)5-6-11(12)16(18)19/h5-7,9,14H,8H2,1-4H3. The predicted molar refractivity (Wildman–Crippen MR) is 74.6 cm³/mol. The van der Waals surface area contributed by atoms with Gasteiger partial charge in [-0.2, -0.15) is 0 Å². The van der Waals surface area contributed by atoms with Crippen LogP contribution in [0.5, 0.6) is 5.75 Å². The highest BCUT2D eigenvalue weighted by Crippen LogP contribution is 2.29. The lowest BCUT2D eigenvalue weighted by Crippen LogP contribution is -2.35. The number of nitrogens with zero attached hydrogens (tertiary/aromatic N) is 2. The minimum absolute atomic E-state index is 0.102. The van der Waals surface area contributed by atoms with E-state index in [0.29, 0.717) is 6.54 Å². The Labute approximate surface area is 117 Å². The number of ether oxygens (including phenoxy) is 1. The first kappa shape index (κ1) is 15.9. The van der Waals surface area contributed by atoms with E-state index in [1.807, 2.05) is 0 Å². The minimum atomic E-state index is -0.784. The van der Waals surface area contributed by atoms with Gasteiger partial charge >= 0.3 is 5.69 Å². The second kappa shape index (κ2) is 6.85. The van der Waals surface area contributed by atoms with Crippen molar-refractivity contribution < 1.29 is 14.5 Å². The Bertz CT molecular complexity index is 502. The number of nitrogens with one attached hydrogen (secondary N) is 1. The summed E-state index contributed by atoms with van der Waals surface area (Å²) in [5, 5.41) is 13.9. The van der Waals surface area contributed by atoms with E-state index in [1.165, 1.54) is 11.0 Å². The maximum atomic E-state index is 11.8. The van der Waals surface area contributed by atoms with Crippen LogP contribution in [0, 0.1) is 10.1 Å². The summed E-state index contributed by atoms with van der Waals surface area (Å²) < 4.78 is 5.46. The minimum Gasteiger partial charge on any atom is -0.474 e. The number of carbonyl (C=O) groups excluding carboxylic acids is 1. The van der Waals surface area contributed by atoms with Gasteiger partial charge in [-0.15, -0.1) is 0 Å². The van der Waals surface area contributed by atoms with Gasteiger partial charge in [0.15, 0.2) is 11.9 Å². The van der Waals surface area contributed by atoms with Crippen LogP contribution in [0.25, 0.3) is 0 Å². The molecule has 0 aliphatic heterocycles. The quantitative estimate of drug-likeness (QED) is 0.625. The highest BCUT2D eigenvalue weighted by atomic mass is 16.6. The molecular formula is C13H19N3O4. The molecule has 1 N–H and O–H groups in total. The van der Waals surface area contributed by atoms with Gasteiger partial charge in [-0.25, -0.2) is 0 Å². The van der Waals surface area contributed by atoms with E-state index in [2.05, 4.69) is 5.32 Å². The molecule has 1 atom stereocenters. The van der Waals surface area contributed by atoms with Crippen molar-refractivity contribution in [1.29, 1.82) is 0 Å². The van der Waals surface area contributed by atoms with Crippen LogP contribution in [-0.2, 0) is 11.3 Å². The Hall–Kier alpha value is -2.15. The molecule has 1 unspecified atom stereocenters. The summed E-state index contributed by atoms with van der Waals surface area (Å²) in [6, 6.07) is 4.61. The van der Waals surface area contributed by atoms with Crippen molar-refractivity contribution in [2.45, 2.75) is 19.6 Å². The lowest BCUT2D eigenvalue weighted by atomic mass is 10.2. The number of rotatable bonds is 6. The van der Waals surface area contributed by atoms with Crippen LogP contribution < -0.4 is 10.1 Å². The average Bonchev–Trinajstić information content (AvgIpc) is 2.37. The molecule has 110 valence electrons. The molecule has 1 rings (SSSR count). The number of hydrogen-bond acceptors (Lipinski definition) is 5. The number of likely N-dealkylation sites (N-methyl/N-ethyl adjacent to an activating group) is 1. The molecule has 1 aromatic rings. The van der Waals surface area contributed by atoms with Gasteiger partial charge in [0.1, 0.15) is 0 Å². The summed E-state index contributed by atoms with van der Waals surface area (Å²) in [5.41, 5.74) is 0.695. The van der Waals surface area contributed by atoms with Crippen molar-refractivity contribution in [3.05, 3.63) is 33.9 Å². The zero-order valence-corrected chi connectivity index (χ0v) is 12.0. The molecule has 0 aromatic heterocycles. The number of nitro benzene ring substituents is 1. The molecule has 1 amide bonds. The molecule has 0 heterocycles. The van der Waals surface area contributed by atoms with Crippen LogP contribution in [0.4, 0.5) is 5.69 Å². The summed E-state index contributed by atoms with van der Waals surface area (Å²) in [4.78, 5) is 23.6. The highest BCUT2D eigenvalue weighted by molar-refractivity contribution is 5.80. The summed E-state index contributed by atoms with van der Waals surface area (Å²) in [6.45, 7) is 2.13. The van der Waals surface area contributed by atoms with Crippen molar-refractivity contribution in [1.82, 2.24) is 10.2 Å². The summed E-state index contributed by atoms with van der Waals surface area (Å²) in [7, 11) is 4.99. The third-order valence-electron chi connectivity index (χ3n) is 2.69. The first-order valence-electron chi connectivity index (χ1n) is 6.16. The van der Waals surface area contributed by atoms with Crippen molar-refractivity contribution >= 4 is 11.6 Å². The number of benzene rings is 1. The van der Waals surface area contributed by atoms with Crippen LogP contribution in [0.3, 0.4) is 0 Å². The molecule has 0 spiro atoms. The first-order valence-corrected chi connectivity index (χ1v) is 6.16. The molecule has 0 saturated heterocycles. The number of amides is 1. The van der Waals surface area contributed by atoms with Crippen LogP contribution in [0.15, 0.2) is 18.2 Å². The zero-order valence-electron chi connectivity index (χ0n) is 12.0. The zero-order chi connectivity index (χ0) is 15.3. The van der Waals surface area contributed by atoms with Gasteiger partial charge in [0, 0.05) is 26.7 Å². The molecule has 7 heteroatoms. The van der Waals surface area contributed by atoms with Gasteiger partial charge in [0.2, 0.25) is 0 Å². The fraction of sp³-hybridized carbons (Fsp3) is 0.462. The van der Waals surface area contributed by atoms with Gasteiger partial charge in [0.05, 0.1) is 4.92 Å². The molecule has 0 aliphatic rings. The smallest absolute Gasteiger partial charge is 0.310 e. The van der Waals surface area contributed by atoms with Gasteiger partial charge in [0.25, 0.3) is 5.91 Å². The largest absolute Gasteiger partial charge is 0.474 e. The van der Waals surface area contributed by atoms with Gasteiger partial charge in [-0.3, -0.25) is 14.9 Å². The van der Waals surface area contributed by atoms with Crippen molar-refractivity contribution in [2.24, 2.45) is 0 Å². The third kappa shape index (κ3) is 3.92. The van der Waals surface area contributed by atoms with E-state index in [0.717, 1.165) is 5.56 Å². The van der Waals surface area contributed by atoms with E-state index in [9.17, 15) is 14.9 Å². The van der Waals surface area contributed by atoms with Crippen LogP contribution >= 0.6 is 0 Å².